The average molecular weight is 186 g/mol. The Labute approximate surface area is 80.7 Å². The third-order valence-electron chi connectivity index (χ3n) is 2.77. The molecule has 0 spiro atoms. The summed E-state index contributed by atoms with van der Waals surface area (Å²) in [6, 6.07) is 0.954. The van der Waals surface area contributed by atoms with Gasteiger partial charge in [-0.25, -0.2) is 0 Å². The van der Waals surface area contributed by atoms with Crippen LogP contribution in [0.15, 0.2) is 0 Å². The summed E-state index contributed by atoms with van der Waals surface area (Å²) in [5.41, 5.74) is 5.80. The lowest BCUT2D eigenvalue weighted by Gasteiger charge is -2.24. The van der Waals surface area contributed by atoms with Gasteiger partial charge in [0.25, 0.3) is 0 Å². The molecule has 1 rings (SSSR count). The lowest BCUT2D eigenvalue weighted by molar-refractivity contribution is 0.153. The van der Waals surface area contributed by atoms with E-state index in [-0.39, 0.29) is 12.0 Å². The van der Waals surface area contributed by atoms with Gasteiger partial charge >= 0.3 is 0 Å². The molecule has 1 fully saturated rings. The van der Waals surface area contributed by atoms with Gasteiger partial charge in [-0.05, 0) is 19.3 Å². The van der Waals surface area contributed by atoms with Crippen molar-refractivity contribution in [1.29, 1.82) is 0 Å². The van der Waals surface area contributed by atoms with Crippen LogP contribution in [0.5, 0.6) is 0 Å². The molecule has 0 aromatic heterocycles. The van der Waals surface area contributed by atoms with Crippen LogP contribution in [0.3, 0.4) is 0 Å². The van der Waals surface area contributed by atoms with E-state index in [1.165, 1.54) is 6.42 Å². The van der Waals surface area contributed by atoms with E-state index in [2.05, 4.69) is 19.2 Å². The van der Waals surface area contributed by atoms with Crippen LogP contribution in [-0.2, 0) is 0 Å². The van der Waals surface area contributed by atoms with Crippen molar-refractivity contribution in [2.45, 2.75) is 45.2 Å². The summed E-state index contributed by atoms with van der Waals surface area (Å²) in [5, 5.41) is 12.5. The number of aliphatic hydroxyl groups excluding tert-OH is 1. The van der Waals surface area contributed by atoms with Crippen molar-refractivity contribution >= 4 is 0 Å². The average Bonchev–Trinajstić information content (AvgIpc) is 2.48. The first-order valence-corrected chi connectivity index (χ1v) is 5.13. The fraction of sp³-hybridized carbons (Fsp3) is 1.00. The van der Waals surface area contributed by atoms with Crippen LogP contribution in [0.4, 0.5) is 0 Å². The van der Waals surface area contributed by atoms with Crippen molar-refractivity contribution in [2.24, 2.45) is 11.1 Å². The van der Waals surface area contributed by atoms with E-state index in [0.717, 1.165) is 19.4 Å². The van der Waals surface area contributed by atoms with Gasteiger partial charge in [-0.15, -0.1) is 0 Å². The molecule has 0 heterocycles. The summed E-state index contributed by atoms with van der Waals surface area (Å²) >= 11 is 0. The van der Waals surface area contributed by atoms with Gasteiger partial charge in [-0.2, -0.15) is 0 Å². The largest absolute Gasteiger partial charge is 0.396 e. The van der Waals surface area contributed by atoms with Crippen LogP contribution in [0.2, 0.25) is 0 Å². The molecule has 2 unspecified atom stereocenters. The number of hydrogen-bond donors (Lipinski definition) is 3. The molecule has 13 heavy (non-hydrogen) atoms. The minimum atomic E-state index is -0.00726. The Morgan fingerprint density at radius 3 is 2.62 bits per heavy atom. The van der Waals surface area contributed by atoms with E-state index in [0.29, 0.717) is 12.1 Å². The first-order chi connectivity index (χ1) is 6.03. The van der Waals surface area contributed by atoms with Gasteiger partial charge < -0.3 is 16.2 Å². The van der Waals surface area contributed by atoms with Crippen LogP contribution in [0.25, 0.3) is 0 Å². The molecule has 0 aromatic carbocycles. The van der Waals surface area contributed by atoms with Gasteiger partial charge in [-0.3, -0.25) is 0 Å². The van der Waals surface area contributed by atoms with Crippen LogP contribution in [0, 0.1) is 5.41 Å². The van der Waals surface area contributed by atoms with Crippen molar-refractivity contribution < 1.29 is 5.11 Å². The second kappa shape index (κ2) is 4.40. The Bertz CT molecular complexity index is 159. The topological polar surface area (TPSA) is 58.3 Å². The van der Waals surface area contributed by atoms with E-state index in [9.17, 15) is 0 Å². The molecule has 1 saturated carbocycles. The molecule has 0 saturated heterocycles. The molecule has 3 heteroatoms. The van der Waals surface area contributed by atoms with Crippen LogP contribution >= 0.6 is 0 Å². The number of nitrogens with one attached hydrogen (secondary N) is 1. The van der Waals surface area contributed by atoms with E-state index in [4.69, 9.17) is 10.8 Å². The van der Waals surface area contributed by atoms with Gasteiger partial charge in [0.2, 0.25) is 0 Å². The lowest BCUT2D eigenvalue weighted by Crippen LogP contribution is -2.38. The first kappa shape index (κ1) is 11.0. The zero-order valence-corrected chi connectivity index (χ0v) is 8.71. The van der Waals surface area contributed by atoms with Crippen molar-refractivity contribution in [3.8, 4) is 0 Å². The normalized spacial score (nSPS) is 29.5. The maximum atomic E-state index is 9.06. The number of aliphatic hydroxyl groups is 1. The van der Waals surface area contributed by atoms with Crippen molar-refractivity contribution in [3.05, 3.63) is 0 Å². The smallest absolute Gasteiger partial charge is 0.0494 e. The quantitative estimate of drug-likeness (QED) is 0.598. The standard InChI is InChI=1S/C10H22N2O/c1-10(2,7-13)6-12-9-4-3-8(11)5-9/h8-9,12-13H,3-7,11H2,1-2H3. The van der Waals surface area contributed by atoms with Gasteiger partial charge in [0, 0.05) is 30.7 Å². The number of nitrogens with two attached hydrogens (primary N) is 1. The summed E-state index contributed by atoms with van der Waals surface area (Å²) in [4.78, 5) is 0. The van der Waals surface area contributed by atoms with Crippen molar-refractivity contribution in [1.82, 2.24) is 5.32 Å². The van der Waals surface area contributed by atoms with Crippen LogP contribution in [0.1, 0.15) is 33.1 Å². The molecule has 0 radical (unpaired) electrons. The van der Waals surface area contributed by atoms with E-state index in [1.54, 1.807) is 0 Å². The van der Waals surface area contributed by atoms with E-state index in [1.807, 2.05) is 0 Å². The van der Waals surface area contributed by atoms with Crippen molar-refractivity contribution in [2.75, 3.05) is 13.2 Å². The number of hydrogen-bond acceptors (Lipinski definition) is 3. The minimum Gasteiger partial charge on any atom is -0.396 e. The summed E-state index contributed by atoms with van der Waals surface area (Å²) in [5.74, 6) is 0. The Morgan fingerprint density at radius 2 is 2.15 bits per heavy atom. The number of rotatable bonds is 4. The molecule has 78 valence electrons. The zero-order chi connectivity index (χ0) is 9.90. The van der Waals surface area contributed by atoms with E-state index < -0.39 is 0 Å². The summed E-state index contributed by atoms with van der Waals surface area (Å²) < 4.78 is 0. The van der Waals surface area contributed by atoms with Crippen LogP contribution < -0.4 is 11.1 Å². The minimum absolute atomic E-state index is 0.00726. The molecule has 1 aliphatic carbocycles. The fourth-order valence-corrected chi connectivity index (χ4v) is 1.68. The van der Waals surface area contributed by atoms with Gasteiger partial charge in [-0.1, -0.05) is 13.8 Å². The molecular formula is C10H22N2O. The summed E-state index contributed by atoms with van der Waals surface area (Å²) in [7, 11) is 0. The highest BCUT2D eigenvalue weighted by atomic mass is 16.3. The SMILES string of the molecule is CC(C)(CO)CNC1CCC(N)C1. The Morgan fingerprint density at radius 1 is 1.46 bits per heavy atom. The molecule has 0 aromatic rings. The highest BCUT2D eigenvalue weighted by molar-refractivity contribution is 4.84. The maximum absolute atomic E-state index is 9.06. The third kappa shape index (κ3) is 3.63. The third-order valence-corrected chi connectivity index (χ3v) is 2.77. The lowest BCUT2D eigenvalue weighted by atomic mass is 9.94. The monoisotopic (exact) mass is 186 g/mol. The predicted octanol–water partition coefficient (Wildman–Crippen LogP) is 0.474. The second-order valence-corrected chi connectivity index (χ2v) is 4.97. The van der Waals surface area contributed by atoms with Gasteiger partial charge in [0.15, 0.2) is 0 Å². The predicted molar refractivity (Wildman–Crippen MR) is 54.5 cm³/mol. The highest BCUT2D eigenvalue weighted by Gasteiger charge is 2.24. The van der Waals surface area contributed by atoms with Crippen molar-refractivity contribution in [3.63, 3.8) is 0 Å². The summed E-state index contributed by atoms with van der Waals surface area (Å²) in [6.45, 7) is 5.24. The Balaban J connectivity index is 2.19. The Hall–Kier alpha value is -0.120. The summed E-state index contributed by atoms with van der Waals surface area (Å²) in [6.07, 6.45) is 3.40. The zero-order valence-electron chi connectivity index (χ0n) is 8.71. The molecule has 2 atom stereocenters. The molecule has 0 amide bonds. The molecule has 0 bridgehead atoms. The first-order valence-electron chi connectivity index (χ1n) is 5.13. The fourth-order valence-electron chi connectivity index (χ4n) is 1.68. The van der Waals surface area contributed by atoms with E-state index >= 15 is 0 Å². The maximum Gasteiger partial charge on any atom is 0.0494 e. The molecule has 0 aliphatic heterocycles. The second-order valence-electron chi connectivity index (χ2n) is 4.97. The molecule has 3 nitrogen and oxygen atoms in total. The van der Waals surface area contributed by atoms with Gasteiger partial charge in [0.05, 0.1) is 0 Å². The molecule has 4 N–H and O–H groups in total. The van der Waals surface area contributed by atoms with Crippen LogP contribution in [-0.4, -0.2) is 30.3 Å². The molecule has 1 aliphatic rings. The highest BCUT2D eigenvalue weighted by Crippen LogP contribution is 2.19. The Kier molecular flexibility index (Phi) is 3.71. The molecular weight excluding hydrogens is 164 g/mol. The van der Waals surface area contributed by atoms with Gasteiger partial charge in [0.1, 0.15) is 0 Å².